The molecule has 0 bridgehead atoms. The number of non-ortho nitro benzene ring substituents is 1. The molecule has 1 amide bonds. The lowest BCUT2D eigenvalue weighted by atomic mass is 10.0. The van der Waals surface area contributed by atoms with Crippen molar-refractivity contribution in [2.75, 3.05) is 11.1 Å². The molecule has 0 aromatic heterocycles. The van der Waals surface area contributed by atoms with Crippen molar-refractivity contribution in [3.63, 3.8) is 0 Å². The second-order valence-corrected chi connectivity index (χ2v) is 5.14. The summed E-state index contributed by atoms with van der Waals surface area (Å²) < 4.78 is 0. The minimum absolute atomic E-state index is 0.104. The average Bonchev–Trinajstić information content (AvgIpc) is 2.55. The van der Waals surface area contributed by atoms with Crippen molar-refractivity contribution in [3.05, 3.63) is 63.2 Å². The van der Waals surface area contributed by atoms with Crippen LogP contribution < -0.4 is 11.1 Å². The summed E-state index contributed by atoms with van der Waals surface area (Å²) in [5.74, 6) is -0.443. The predicted molar refractivity (Wildman–Crippen MR) is 90.7 cm³/mol. The first-order valence-electron chi connectivity index (χ1n) is 7.43. The SMILES string of the molecule is CCc1cccc(CC)c1NC(=O)c1cc([N+](=O)[O-])ccc1N. The molecule has 3 N–H and O–H groups in total. The lowest BCUT2D eigenvalue weighted by molar-refractivity contribution is -0.384. The van der Waals surface area contributed by atoms with E-state index in [0.29, 0.717) is 0 Å². The molecule has 6 nitrogen and oxygen atoms in total. The number of rotatable bonds is 5. The number of amides is 1. The zero-order valence-corrected chi connectivity index (χ0v) is 13.1. The largest absolute Gasteiger partial charge is 0.398 e. The van der Waals surface area contributed by atoms with E-state index in [2.05, 4.69) is 5.32 Å². The number of nitrogens with zero attached hydrogens (tertiary/aromatic N) is 1. The third-order valence-corrected chi connectivity index (χ3v) is 3.73. The number of hydrogen-bond acceptors (Lipinski definition) is 4. The van der Waals surface area contributed by atoms with E-state index in [4.69, 9.17) is 5.73 Å². The second kappa shape index (κ2) is 6.91. The maximum atomic E-state index is 12.5. The Balaban J connectivity index is 2.40. The van der Waals surface area contributed by atoms with E-state index in [0.717, 1.165) is 29.7 Å². The van der Waals surface area contributed by atoms with Gasteiger partial charge in [-0.05, 0) is 30.0 Å². The third kappa shape index (κ3) is 3.48. The standard InChI is InChI=1S/C17H19N3O3/c1-3-11-6-5-7-12(4-2)16(11)19-17(21)14-10-13(20(22)23)8-9-15(14)18/h5-10H,3-4,18H2,1-2H3,(H,19,21). The maximum absolute atomic E-state index is 12.5. The predicted octanol–water partition coefficient (Wildman–Crippen LogP) is 3.55. The molecule has 0 atom stereocenters. The first-order valence-corrected chi connectivity index (χ1v) is 7.43. The highest BCUT2D eigenvalue weighted by Crippen LogP contribution is 2.25. The number of nitrogen functional groups attached to an aromatic ring is 1. The van der Waals surface area contributed by atoms with E-state index in [9.17, 15) is 14.9 Å². The van der Waals surface area contributed by atoms with Crippen LogP contribution in [0.15, 0.2) is 36.4 Å². The van der Waals surface area contributed by atoms with Crippen molar-refractivity contribution in [2.24, 2.45) is 0 Å². The highest BCUT2D eigenvalue weighted by atomic mass is 16.6. The van der Waals surface area contributed by atoms with Crippen LogP contribution in [0, 0.1) is 10.1 Å². The molecule has 0 saturated carbocycles. The first-order chi connectivity index (χ1) is 11.0. The molecular formula is C17H19N3O3. The van der Waals surface area contributed by atoms with E-state index in [-0.39, 0.29) is 16.9 Å². The van der Waals surface area contributed by atoms with Crippen molar-refractivity contribution in [2.45, 2.75) is 26.7 Å². The fraction of sp³-hybridized carbons (Fsp3) is 0.235. The summed E-state index contributed by atoms with van der Waals surface area (Å²) >= 11 is 0. The van der Waals surface area contributed by atoms with E-state index in [1.165, 1.54) is 18.2 Å². The van der Waals surface area contributed by atoms with Crippen LogP contribution in [0.1, 0.15) is 35.3 Å². The summed E-state index contributed by atoms with van der Waals surface area (Å²) in [6.45, 7) is 4.01. The van der Waals surface area contributed by atoms with Crippen molar-refractivity contribution in [1.29, 1.82) is 0 Å². The van der Waals surface area contributed by atoms with Gasteiger partial charge in [-0.25, -0.2) is 0 Å². The summed E-state index contributed by atoms with van der Waals surface area (Å²) in [7, 11) is 0. The molecule has 0 spiro atoms. The Bertz CT molecular complexity index is 734. The lowest BCUT2D eigenvalue weighted by Crippen LogP contribution is -2.16. The van der Waals surface area contributed by atoms with E-state index in [1.807, 2.05) is 32.0 Å². The van der Waals surface area contributed by atoms with E-state index >= 15 is 0 Å². The maximum Gasteiger partial charge on any atom is 0.270 e. The molecule has 2 aromatic carbocycles. The Labute approximate surface area is 134 Å². The van der Waals surface area contributed by atoms with Gasteiger partial charge in [-0.2, -0.15) is 0 Å². The van der Waals surface area contributed by atoms with Crippen LogP contribution >= 0.6 is 0 Å². The molecule has 0 aliphatic heterocycles. The number of carbonyl (C=O) groups excluding carboxylic acids is 1. The summed E-state index contributed by atoms with van der Waals surface area (Å²) in [5.41, 5.74) is 8.74. The Hall–Kier alpha value is -2.89. The number of hydrogen-bond donors (Lipinski definition) is 2. The molecule has 0 aliphatic rings. The summed E-state index contributed by atoms with van der Waals surface area (Å²) in [4.78, 5) is 22.9. The van der Waals surface area contributed by atoms with Crippen molar-refractivity contribution in [1.82, 2.24) is 0 Å². The van der Waals surface area contributed by atoms with Gasteiger partial charge in [0.05, 0.1) is 10.5 Å². The lowest BCUT2D eigenvalue weighted by Gasteiger charge is -2.15. The van der Waals surface area contributed by atoms with Crippen molar-refractivity contribution in [3.8, 4) is 0 Å². The van der Waals surface area contributed by atoms with Crippen molar-refractivity contribution >= 4 is 23.0 Å². The molecule has 0 unspecified atom stereocenters. The highest BCUT2D eigenvalue weighted by molar-refractivity contribution is 6.08. The van der Waals surface area contributed by atoms with Crippen LogP contribution in [-0.4, -0.2) is 10.8 Å². The number of nitrogens with two attached hydrogens (primary N) is 1. The molecule has 0 radical (unpaired) electrons. The number of nitrogens with one attached hydrogen (secondary N) is 1. The van der Waals surface area contributed by atoms with Gasteiger partial charge in [0.1, 0.15) is 0 Å². The smallest absolute Gasteiger partial charge is 0.270 e. The van der Waals surface area contributed by atoms with Crippen LogP contribution in [0.2, 0.25) is 0 Å². The van der Waals surface area contributed by atoms with Crippen LogP contribution in [0.3, 0.4) is 0 Å². The molecule has 120 valence electrons. The zero-order valence-electron chi connectivity index (χ0n) is 13.1. The fourth-order valence-corrected chi connectivity index (χ4v) is 2.44. The number of benzene rings is 2. The van der Waals surface area contributed by atoms with Crippen LogP contribution in [0.5, 0.6) is 0 Å². The molecular weight excluding hydrogens is 294 g/mol. The van der Waals surface area contributed by atoms with Crippen LogP contribution in [0.4, 0.5) is 17.1 Å². The molecule has 0 fully saturated rings. The molecule has 0 saturated heterocycles. The van der Waals surface area contributed by atoms with Crippen LogP contribution in [0.25, 0.3) is 0 Å². The molecule has 0 heterocycles. The normalized spacial score (nSPS) is 10.3. The quantitative estimate of drug-likeness (QED) is 0.501. The number of aryl methyl sites for hydroxylation is 2. The highest BCUT2D eigenvalue weighted by Gasteiger charge is 2.17. The molecule has 6 heteroatoms. The minimum atomic E-state index is -0.548. The number of carbonyl (C=O) groups is 1. The topological polar surface area (TPSA) is 98.3 Å². The Kier molecular flexibility index (Phi) is 4.95. The molecule has 2 aromatic rings. The zero-order chi connectivity index (χ0) is 17.0. The van der Waals surface area contributed by atoms with Crippen molar-refractivity contribution < 1.29 is 9.72 Å². The minimum Gasteiger partial charge on any atom is -0.398 e. The Morgan fingerprint density at radius 3 is 2.30 bits per heavy atom. The Morgan fingerprint density at radius 1 is 1.17 bits per heavy atom. The van der Waals surface area contributed by atoms with Gasteiger partial charge >= 0.3 is 0 Å². The summed E-state index contributed by atoms with van der Waals surface area (Å²) in [6.07, 6.45) is 1.54. The van der Waals surface area contributed by atoms with E-state index < -0.39 is 10.8 Å². The number of nitro groups is 1. The van der Waals surface area contributed by atoms with Gasteiger partial charge < -0.3 is 11.1 Å². The van der Waals surface area contributed by atoms with Gasteiger partial charge in [0, 0.05) is 23.5 Å². The third-order valence-electron chi connectivity index (χ3n) is 3.73. The van der Waals surface area contributed by atoms with Gasteiger partial charge in [-0.3, -0.25) is 14.9 Å². The second-order valence-electron chi connectivity index (χ2n) is 5.14. The van der Waals surface area contributed by atoms with Gasteiger partial charge in [0.2, 0.25) is 0 Å². The number of para-hydroxylation sites is 1. The monoisotopic (exact) mass is 313 g/mol. The van der Waals surface area contributed by atoms with Crippen LogP contribution in [-0.2, 0) is 12.8 Å². The first kappa shape index (κ1) is 16.5. The molecule has 2 rings (SSSR count). The number of anilines is 2. The summed E-state index contributed by atoms with van der Waals surface area (Å²) in [5, 5.41) is 13.7. The van der Waals surface area contributed by atoms with Gasteiger partial charge in [0.15, 0.2) is 0 Å². The molecule has 23 heavy (non-hydrogen) atoms. The average molecular weight is 313 g/mol. The Morgan fingerprint density at radius 2 is 1.78 bits per heavy atom. The van der Waals surface area contributed by atoms with Gasteiger partial charge in [0.25, 0.3) is 11.6 Å². The molecule has 0 aliphatic carbocycles. The fourth-order valence-electron chi connectivity index (χ4n) is 2.44. The number of nitro benzene ring substituents is 1. The van der Waals surface area contributed by atoms with E-state index in [1.54, 1.807) is 0 Å². The van der Waals surface area contributed by atoms with Gasteiger partial charge in [-0.15, -0.1) is 0 Å². The summed E-state index contributed by atoms with van der Waals surface area (Å²) in [6, 6.07) is 9.71. The van der Waals surface area contributed by atoms with Gasteiger partial charge in [-0.1, -0.05) is 32.0 Å².